The van der Waals surface area contributed by atoms with E-state index in [2.05, 4.69) is 138 Å². The molecule has 2 bridgehead atoms. The molecule has 1 aliphatic carbocycles. The summed E-state index contributed by atoms with van der Waals surface area (Å²) in [4.78, 5) is 10.4. The van der Waals surface area contributed by atoms with Crippen molar-refractivity contribution in [3.05, 3.63) is 177 Å². The first-order valence-corrected chi connectivity index (χ1v) is 18.7. The van der Waals surface area contributed by atoms with Gasteiger partial charge >= 0.3 is 0 Å². The second kappa shape index (κ2) is 13.4. The fourth-order valence-corrected chi connectivity index (χ4v) is 8.98. The fourth-order valence-electron chi connectivity index (χ4n) is 8.62. The Balaban J connectivity index is 1.25. The Bertz CT molecular complexity index is 2180. The Labute approximate surface area is 310 Å². The first kappa shape index (κ1) is 32.2. The van der Waals surface area contributed by atoms with Crippen LogP contribution in [0.4, 0.5) is 17.1 Å². The number of benzene rings is 5. The summed E-state index contributed by atoms with van der Waals surface area (Å²) in [7, 11) is 0. The summed E-state index contributed by atoms with van der Waals surface area (Å²) in [6.07, 6.45) is 7.23. The van der Waals surface area contributed by atoms with Gasteiger partial charge in [-0.1, -0.05) is 114 Å². The highest BCUT2D eigenvalue weighted by molar-refractivity contribution is 6.31. The van der Waals surface area contributed by atoms with E-state index >= 15 is 0 Å². The molecule has 5 aromatic rings. The Hall–Kier alpha value is -4.77. The van der Waals surface area contributed by atoms with Gasteiger partial charge in [0.2, 0.25) is 0 Å². The lowest BCUT2D eigenvalue weighted by Gasteiger charge is -2.56. The Morgan fingerprint density at radius 1 is 0.725 bits per heavy atom. The van der Waals surface area contributed by atoms with Gasteiger partial charge in [-0.2, -0.15) is 0 Å². The van der Waals surface area contributed by atoms with Crippen LogP contribution in [0.25, 0.3) is 6.08 Å². The average Bonchev–Trinajstić information content (AvgIpc) is 3.15. The minimum atomic E-state index is -0.219. The van der Waals surface area contributed by atoms with Crippen molar-refractivity contribution in [3.8, 4) is 0 Å². The van der Waals surface area contributed by atoms with Crippen molar-refractivity contribution in [1.82, 2.24) is 0 Å². The Morgan fingerprint density at radius 2 is 1.39 bits per heavy atom. The zero-order valence-electron chi connectivity index (χ0n) is 28.6. The highest BCUT2D eigenvalue weighted by Gasteiger charge is 2.54. The minimum absolute atomic E-state index is 0.00381. The number of rotatable bonds is 6. The highest BCUT2D eigenvalue weighted by Crippen LogP contribution is 2.56. The number of allylic oxidation sites excluding steroid dienone is 2. The molecule has 0 fully saturated rings. The van der Waals surface area contributed by atoms with Crippen LogP contribution < -0.4 is 9.80 Å². The van der Waals surface area contributed by atoms with E-state index in [4.69, 9.17) is 32.9 Å². The predicted molar refractivity (Wildman–Crippen MR) is 211 cm³/mol. The number of nitrogens with zero attached hydrogens (tertiary/aromatic N) is 3. The van der Waals surface area contributed by atoms with Crippen molar-refractivity contribution in [2.45, 2.75) is 57.5 Å². The summed E-state index contributed by atoms with van der Waals surface area (Å²) < 4.78 is 7.40. The fraction of sp³-hybridized carbons (Fsp3) is 0.222. The van der Waals surface area contributed by atoms with Crippen LogP contribution >= 0.6 is 23.2 Å². The van der Waals surface area contributed by atoms with E-state index in [0.717, 1.165) is 65.1 Å². The van der Waals surface area contributed by atoms with Crippen LogP contribution in [0.3, 0.4) is 0 Å². The molecule has 0 saturated carbocycles. The van der Waals surface area contributed by atoms with E-state index in [0.29, 0.717) is 0 Å². The molecule has 0 spiro atoms. The molecular formula is C45H39Cl2N3O. The molecule has 0 saturated heterocycles. The summed E-state index contributed by atoms with van der Waals surface area (Å²) >= 11 is 13.5. The van der Waals surface area contributed by atoms with Crippen molar-refractivity contribution in [1.29, 1.82) is 0 Å². The normalized spacial score (nSPS) is 22.7. The summed E-state index contributed by atoms with van der Waals surface area (Å²) in [6, 6.07) is 42.7. The number of hydrogen-bond donors (Lipinski definition) is 0. The number of fused-ring (bicyclic) bond motifs is 6. The zero-order valence-corrected chi connectivity index (χ0v) is 30.1. The summed E-state index contributed by atoms with van der Waals surface area (Å²) in [6.45, 7) is 3.59. The Kier molecular flexibility index (Phi) is 8.46. The maximum Gasteiger partial charge on any atom is 0.178 e. The van der Waals surface area contributed by atoms with Crippen LogP contribution in [-0.4, -0.2) is 18.0 Å². The number of halogens is 2. The molecule has 0 amide bonds. The molecule has 0 aromatic heterocycles. The molecular weight excluding hydrogens is 669 g/mol. The van der Waals surface area contributed by atoms with Gasteiger partial charge < -0.3 is 14.5 Å². The monoisotopic (exact) mass is 707 g/mol. The quantitative estimate of drug-likeness (QED) is 0.176. The maximum absolute atomic E-state index is 7.40. The lowest BCUT2D eigenvalue weighted by Crippen LogP contribution is -2.59. The molecule has 0 unspecified atom stereocenters. The van der Waals surface area contributed by atoms with Gasteiger partial charge in [-0.05, 0) is 90.6 Å². The van der Waals surface area contributed by atoms with Crippen molar-refractivity contribution in [3.63, 3.8) is 0 Å². The van der Waals surface area contributed by atoms with Gasteiger partial charge in [0.15, 0.2) is 6.23 Å². The van der Waals surface area contributed by atoms with E-state index in [-0.39, 0.29) is 24.1 Å². The van der Waals surface area contributed by atoms with Crippen LogP contribution in [-0.2, 0) is 17.8 Å². The number of hydrogen-bond acceptors (Lipinski definition) is 4. The predicted octanol–water partition coefficient (Wildman–Crippen LogP) is 11.7. The van der Waals surface area contributed by atoms with Gasteiger partial charge in [-0.15, -0.1) is 0 Å². The molecule has 4 aliphatic rings. The molecule has 3 aliphatic heterocycles. The number of aliphatic imine (C=N–C) groups is 1. The van der Waals surface area contributed by atoms with Crippen LogP contribution in [0.5, 0.6) is 0 Å². The lowest BCUT2D eigenvalue weighted by molar-refractivity contribution is 0.0136. The van der Waals surface area contributed by atoms with E-state index < -0.39 is 0 Å². The van der Waals surface area contributed by atoms with Gasteiger partial charge in [0.05, 0.1) is 17.6 Å². The van der Waals surface area contributed by atoms with E-state index in [1.165, 1.54) is 39.2 Å². The van der Waals surface area contributed by atoms with Crippen LogP contribution in [0.2, 0.25) is 10.0 Å². The third kappa shape index (κ3) is 6.05. The third-order valence-corrected chi connectivity index (χ3v) is 11.3. The molecule has 6 heteroatoms. The van der Waals surface area contributed by atoms with Crippen molar-refractivity contribution >= 4 is 52.1 Å². The molecule has 5 aromatic carbocycles. The molecule has 51 heavy (non-hydrogen) atoms. The molecule has 0 N–H and O–H groups in total. The highest BCUT2D eigenvalue weighted by atomic mass is 35.5. The van der Waals surface area contributed by atoms with Crippen LogP contribution in [0.1, 0.15) is 53.0 Å². The third-order valence-electron chi connectivity index (χ3n) is 10.9. The Morgan fingerprint density at radius 3 is 2.12 bits per heavy atom. The van der Waals surface area contributed by atoms with Gasteiger partial charge in [-0.3, -0.25) is 4.99 Å². The van der Waals surface area contributed by atoms with E-state index in [1.54, 1.807) is 0 Å². The van der Waals surface area contributed by atoms with Crippen LogP contribution in [0, 0.1) is 12.8 Å². The largest absolute Gasteiger partial charge is 0.474 e. The van der Waals surface area contributed by atoms with Crippen molar-refractivity contribution < 1.29 is 4.74 Å². The molecule has 4 atom stereocenters. The zero-order chi connectivity index (χ0) is 34.5. The minimum Gasteiger partial charge on any atom is -0.474 e. The van der Waals surface area contributed by atoms with Gasteiger partial charge in [0.1, 0.15) is 5.76 Å². The van der Waals surface area contributed by atoms with Gasteiger partial charge in [0, 0.05) is 58.1 Å². The first-order chi connectivity index (χ1) is 25.0. The average molecular weight is 709 g/mol. The summed E-state index contributed by atoms with van der Waals surface area (Å²) in [5.41, 5.74) is 11.8. The molecule has 4 nitrogen and oxygen atoms in total. The molecule has 9 rings (SSSR count). The van der Waals surface area contributed by atoms with Crippen molar-refractivity contribution in [2.24, 2.45) is 10.9 Å². The lowest BCUT2D eigenvalue weighted by atomic mass is 9.66. The SMILES string of the molecule is Cc1ccc(N=C2CCCC3=C2[C@H]2c4cc(Cl)ccc4N(Cc4ccccc4)[C@@H](O3)[C@@H]2[C@H]2C=Cc3cc(Cl)ccc3N2Cc2ccccc2)cc1. The van der Waals surface area contributed by atoms with Crippen LogP contribution in [0.15, 0.2) is 144 Å². The number of ether oxygens (including phenoxy) is 1. The second-order valence-electron chi connectivity index (χ2n) is 14.1. The van der Waals surface area contributed by atoms with Gasteiger partial charge in [0.25, 0.3) is 0 Å². The van der Waals surface area contributed by atoms with Crippen molar-refractivity contribution in [2.75, 3.05) is 9.80 Å². The second-order valence-corrected chi connectivity index (χ2v) is 15.0. The molecule has 3 heterocycles. The van der Waals surface area contributed by atoms with Gasteiger partial charge in [-0.25, -0.2) is 0 Å². The number of anilines is 2. The summed E-state index contributed by atoms with van der Waals surface area (Å²) in [5.74, 6) is 1.11. The summed E-state index contributed by atoms with van der Waals surface area (Å²) in [5, 5.41) is 1.48. The number of aryl methyl sites for hydroxylation is 1. The molecule has 0 radical (unpaired) electrons. The van der Waals surface area contributed by atoms with E-state index in [9.17, 15) is 0 Å². The topological polar surface area (TPSA) is 28.1 Å². The first-order valence-electron chi connectivity index (χ1n) is 17.9. The van der Waals surface area contributed by atoms with E-state index in [1.807, 2.05) is 12.1 Å². The standard InChI is InChI=1S/C45H39Cl2N3O/c1-29-15-20-35(21-16-29)48-37-13-8-14-41-43(37)42-36-26-34(47)19-24-39(36)50(28-31-11-6-3-7-12-31)45(51-41)44(42)40-22-17-32-25-33(46)18-23-38(32)49(40)27-30-9-4-2-5-10-30/h2-7,9-12,15-26,40,42,44-45H,8,13-14,27-28H2,1H3/t40-,42-,44-,45+/m1/s1. The smallest absolute Gasteiger partial charge is 0.178 e. The maximum atomic E-state index is 7.40. The molecule has 254 valence electrons.